The van der Waals surface area contributed by atoms with Gasteiger partial charge in [-0.05, 0) is 53.7 Å². The van der Waals surface area contributed by atoms with E-state index in [-0.39, 0.29) is 0 Å². The lowest BCUT2D eigenvalue weighted by Gasteiger charge is -2.06. The predicted octanol–water partition coefficient (Wildman–Crippen LogP) is 4.31. The third-order valence-corrected chi connectivity index (χ3v) is 4.68. The normalized spacial score (nSPS) is 16.4. The number of rotatable bonds is 2. The van der Waals surface area contributed by atoms with Gasteiger partial charge in [-0.3, -0.25) is 0 Å². The minimum atomic E-state index is -0.573. The molecule has 1 nitrogen and oxygen atoms in total. The molecule has 1 unspecified atom stereocenters. The van der Waals surface area contributed by atoms with Crippen LogP contribution in [0.25, 0.3) is 10.1 Å². The van der Waals surface area contributed by atoms with E-state index < -0.39 is 6.10 Å². The van der Waals surface area contributed by atoms with Crippen LogP contribution in [0.4, 0.5) is 0 Å². The Balaban J connectivity index is 1.71. The number of allylic oxidation sites excluding steroid dienone is 2. The molecule has 1 aliphatic carbocycles. The third-order valence-electron chi connectivity index (χ3n) is 3.66. The Hall–Kier alpha value is -1.56. The molecule has 1 aromatic carbocycles. The van der Waals surface area contributed by atoms with Crippen LogP contribution in [0.2, 0.25) is 0 Å². The quantitative estimate of drug-likeness (QED) is 0.814. The SMILES string of the molecule is OC(C#CC1=CCCCC1)Cc1csc2ccccc12. The largest absolute Gasteiger partial charge is 0.380 e. The molecule has 1 N–H and O–H groups in total. The summed E-state index contributed by atoms with van der Waals surface area (Å²) in [5.74, 6) is 6.14. The van der Waals surface area contributed by atoms with Crippen LogP contribution in [0.1, 0.15) is 31.2 Å². The molecule has 0 fully saturated rings. The van der Waals surface area contributed by atoms with Gasteiger partial charge in [0, 0.05) is 11.1 Å². The van der Waals surface area contributed by atoms with Crippen molar-refractivity contribution < 1.29 is 5.11 Å². The lowest BCUT2D eigenvalue weighted by molar-refractivity contribution is 0.234. The van der Waals surface area contributed by atoms with Crippen molar-refractivity contribution in [2.75, 3.05) is 0 Å². The maximum Gasteiger partial charge on any atom is 0.119 e. The van der Waals surface area contributed by atoms with Gasteiger partial charge in [0.1, 0.15) is 6.10 Å². The Morgan fingerprint density at radius 3 is 3.00 bits per heavy atom. The molecule has 1 atom stereocenters. The Morgan fingerprint density at radius 2 is 2.15 bits per heavy atom. The van der Waals surface area contributed by atoms with Crippen LogP contribution in [-0.4, -0.2) is 11.2 Å². The number of hydrogen-bond donors (Lipinski definition) is 1. The van der Waals surface area contributed by atoms with Crippen LogP contribution in [0.15, 0.2) is 41.3 Å². The summed E-state index contributed by atoms with van der Waals surface area (Å²) in [5, 5.41) is 13.5. The van der Waals surface area contributed by atoms with E-state index in [1.807, 2.05) is 12.1 Å². The Morgan fingerprint density at radius 1 is 1.25 bits per heavy atom. The van der Waals surface area contributed by atoms with Crippen LogP contribution in [0.5, 0.6) is 0 Å². The lowest BCUT2D eigenvalue weighted by atomic mass is 9.99. The Labute approximate surface area is 124 Å². The first-order valence-electron chi connectivity index (χ1n) is 7.17. The van der Waals surface area contributed by atoms with E-state index in [9.17, 15) is 5.11 Å². The number of aliphatic hydroxyl groups excluding tert-OH is 1. The Bertz CT molecular complexity index is 684. The molecule has 0 saturated heterocycles. The van der Waals surface area contributed by atoms with Crippen LogP contribution < -0.4 is 0 Å². The van der Waals surface area contributed by atoms with Gasteiger partial charge in [0.2, 0.25) is 0 Å². The van der Waals surface area contributed by atoms with Gasteiger partial charge in [-0.25, -0.2) is 0 Å². The molecule has 0 bridgehead atoms. The molecule has 0 aliphatic heterocycles. The van der Waals surface area contributed by atoms with Crippen molar-refractivity contribution in [3.05, 3.63) is 46.9 Å². The molecule has 1 aliphatic rings. The van der Waals surface area contributed by atoms with Gasteiger partial charge < -0.3 is 5.11 Å². The highest BCUT2D eigenvalue weighted by atomic mass is 32.1. The second-order valence-electron chi connectivity index (χ2n) is 5.22. The summed E-state index contributed by atoms with van der Waals surface area (Å²) in [4.78, 5) is 0. The monoisotopic (exact) mass is 282 g/mol. The summed E-state index contributed by atoms with van der Waals surface area (Å²) in [6.45, 7) is 0. The molecule has 0 saturated carbocycles. The van der Waals surface area contributed by atoms with E-state index in [1.165, 1.54) is 34.1 Å². The molecule has 1 aromatic heterocycles. The van der Waals surface area contributed by atoms with Crippen molar-refractivity contribution in [2.45, 2.75) is 38.2 Å². The number of aliphatic hydroxyl groups is 1. The summed E-state index contributed by atoms with van der Waals surface area (Å²) in [6.07, 6.45) is 6.96. The van der Waals surface area contributed by atoms with Gasteiger partial charge in [0.15, 0.2) is 0 Å². The minimum absolute atomic E-state index is 0.573. The third kappa shape index (κ3) is 3.12. The van der Waals surface area contributed by atoms with Gasteiger partial charge in [-0.15, -0.1) is 11.3 Å². The van der Waals surface area contributed by atoms with Crippen LogP contribution in [0, 0.1) is 11.8 Å². The highest BCUT2D eigenvalue weighted by Crippen LogP contribution is 2.26. The van der Waals surface area contributed by atoms with Gasteiger partial charge in [-0.2, -0.15) is 0 Å². The first-order valence-corrected chi connectivity index (χ1v) is 8.04. The first kappa shape index (κ1) is 13.4. The smallest absolute Gasteiger partial charge is 0.119 e. The Kier molecular flexibility index (Phi) is 4.20. The minimum Gasteiger partial charge on any atom is -0.380 e. The highest BCUT2D eigenvalue weighted by molar-refractivity contribution is 7.17. The summed E-state index contributed by atoms with van der Waals surface area (Å²) in [7, 11) is 0. The zero-order valence-electron chi connectivity index (χ0n) is 11.4. The van der Waals surface area contributed by atoms with E-state index in [4.69, 9.17) is 0 Å². The van der Waals surface area contributed by atoms with Crippen molar-refractivity contribution in [2.24, 2.45) is 0 Å². The molecule has 0 spiro atoms. The van der Waals surface area contributed by atoms with E-state index >= 15 is 0 Å². The van der Waals surface area contributed by atoms with E-state index in [0.29, 0.717) is 6.42 Å². The number of fused-ring (bicyclic) bond motifs is 1. The van der Waals surface area contributed by atoms with Crippen molar-refractivity contribution in [3.8, 4) is 11.8 Å². The second kappa shape index (κ2) is 6.26. The molecule has 2 heteroatoms. The summed E-state index contributed by atoms with van der Waals surface area (Å²) >= 11 is 1.73. The van der Waals surface area contributed by atoms with Crippen molar-refractivity contribution >= 4 is 21.4 Å². The molecular weight excluding hydrogens is 264 g/mol. The summed E-state index contributed by atoms with van der Waals surface area (Å²) < 4.78 is 1.28. The van der Waals surface area contributed by atoms with Crippen molar-refractivity contribution in [1.29, 1.82) is 0 Å². The van der Waals surface area contributed by atoms with E-state index in [1.54, 1.807) is 11.3 Å². The number of thiophene rings is 1. The molecule has 2 aromatic rings. The van der Waals surface area contributed by atoms with Crippen molar-refractivity contribution in [1.82, 2.24) is 0 Å². The molecule has 1 heterocycles. The first-order chi connectivity index (χ1) is 9.83. The summed E-state index contributed by atoms with van der Waals surface area (Å²) in [6, 6.07) is 8.33. The van der Waals surface area contributed by atoms with E-state index in [0.717, 1.165) is 12.8 Å². The summed E-state index contributed by atoms with van der Waals surface area (Å²) in [5.41, 5.74) is 2.40. The van der Waals surface area contributed by atoms with Gasteiger partial charge >= 0.3 is 0 Å². The maximum atomic E-state index is 10.1. The molecule has 0 radical (unpaired) electrons. The van der Waals surface area contributed by atoms with Crippen LogP contribution in [0.3, 0.4) is 0 Å². The topological polar surface area (TPSA) is 20.2 Å². The maximum absolute atomic E-state index is 10.1. The number of hydrogen-bond acceptors (Lipinski definition) is 2. The van der Waals surface area contributed by atoms with Gasteiger partial charge in [0.25, 0.3) is 0 Å². The fourth-order valence-corrected chi connectivity index (χ4v) is 3.55. The molecule has 102 valence electrons. The zero-order chi connectivity index (χ0) is 13.8. The van der Waals surface area contributed by atoms with E-state index in [2.05, 4.69) is 35.4 Å². The number of benzene rings is 1. The highest BCUT2D eigenvalue weighted by Gasteiger charge is 2.08. The average Bonchev–Trinajstić information content (AvgIpc) is 2.90. The van der Waals surface area contributed by atoms with Crippen molar-refractivity contribution in [3.63, 3.8) is 0 Å². The van der Waals surface area contributed by atoms with Gasteiger partial charge in [0.05, 0.1) is 0 Å². The zero-order valence-corrected chi connectivity index (χ0v) is 12.2. The fraction of sp³-hybridized carbons (Fsp3) is 0.333. The average molecular weight is 282 g/mol. The van der Waals surface area contributed by atoms with Crippen LogP contribution in [-0.2, 0) is 6.42 Å². The lowest BCUT2D eigenvalue weighted by Crippen LogP contribution is -2.07. The molecule has 20 heavy (non-hydrogen) atoms. The second-order valence-corrected chi connectivity index (χ2v) is 6.13. The molecular formula is C18H18OS. The molecule has 0 amide bonds. The fourth-order valence-electron chi connectivity index (χ4n) is 2.58. The van der Waals surface area contributed by atoms with Gasteiger partial charge in [-0.1, -0.05) is 36.1 Å². The molecule has 3 rings (SSSR count). The predicted molar refractivity (Wildman–Crippen MR) is 85.9 cm³/mol. The van der Waals surface area contributed by atoms with Crippen LogP contribution >= 0.6 is 11.3 Å². The standard InChI is InChI=1S/C18H18OS/c19-16(11-10-14-6-2-1-3-7-14)12-15-13-20-18-9-5-4-8-17(15)18/h4-6,8-9,13,16,19H,1-3,7,12H2.